The second-order valence-electron chi connectivity index (χ2n) is 5.52. The van der Waals surface area contributed by atoms with Crippen LogP contribution >= 0.6 is 0 Å². The molecule has 1 saturated heterocycles. The zero-order valence-electron chi connectivity index (χ0n) is 11.4. The number of piperidine rings is 1. The summed E-state index contributed by atoms with van der Waals surface area (Å²) < 4.78 is 28.3. The van der Waals surface area contributed by atoms with Crippen molar-refractivity contribution in [2.24, 2.45) is 18.9 Å². The van der Waals surface area contributed by atoms with Crippen molar-refractivity contribution >= 4 is 10.0 Å². The smallest absolute Gasteiger partial charge is 0.246 e. The van der Waals surface area contributed by atoms with E-state index in [9.17, 15) is 8.42 Å². The predicted molar refractivity (Wildman–Crippen MR) is 69.6 cm³/mol. The molecule has 0 N–H and O–H groups in total. The van der Waals surface area contributed by atoms with Gasteiger partial charge in [0, 0.05) is 26.3 Å². The fraction of sp³-hybridized carbons (Fsp3) is 0.750. The average Bonchev–Trinajstić information content (AvgIpc) is 2.57. The first-order valence-electron chi connectivity index (χ1n) is 6.31. The molecule has 0 saturated carbocycles. The largest absolute Gasteiger partial charge is 0.274 e. The molecule has 1 aromatic heterocycles. The van der Waals surface area contributed by atoms with Crippen LogP contribution in [0.2, 0.25) is 0 Å². The van der Waals surface area contributed by atoms with E-state index in [4.69, 9.17) is 0 Å². The molecule has 1 aromatic rings. The van der Waals surface area contributed by atoms with Gasteiger partial charge in [0.25, 0.3) is 0 Å². The maximum Gasteiger partial charge on any atom is 0.246 e. The maximum atomic E-state index is 12.6. The zero-order valence-corrected chi connectivity index (χ0v) is 12.2. The van der Waals surface area contributed by atoms with Crippen molar-refractivity contribution in [1.82, 2.24) is 14.1 Å². The van der Waals surface area contributed by atoms with Gasteiger partial charge in [0.05, 0.1) is 5.69 Å². The summed E-state index contributed by atoms with van der Waals surface area (Å²) >= 11 is 0. The van der Waals surface area contributed by atoms with Crippen LogP contribution in [0.25, 0.3) is 0 Å². The molecule has 1 fully saturated rings. The summed E-state index contributed by atoms with van der Waals surface area (Å²) in [6, 6.07) is 0. The Morgan fingerprint density at radius 1 is 1.28 bits per heavy atom. The lowest BCUT2D eigenvalue weighted by Crippen LogP contribution is -2.42. The number of rotatable bonds is 2. The van der Waals surface area contributed by atoms with E-state index >= 15 is 0 Å². The third-order valence-electron chi connectivity index (χ3n) is 3.42. The van der Waals surface area contributed by atoms with E-state index in [0.717, 1.165) is 6.42 Å². The summed E-state index contributed by atoms with van der Waals surface area (Å²) in [6.45, 7) is 7.17. The van der Waals surface area contributed by atoms with E-state index in [1.54, 1.807) is 29.2 Å². The number of aromatic nitrogens is 2. The van der Waals surface area contributed by atoms with Crippen LogP contribution in [0.1, 0.15) is 26.0 Å². The van der Waals surface area contributed by atoms with Gasteiger partial charge in [-0.25, -0.2) is 8.42 Å². The topological polar surface area (TPSA) is 55.2 Å². The highest BCUT2D eigenvalue weighted by molar-refractivity contribution is 7.89. The summed E-state index contributed by atoms with van der Waals surface area (Å²) in [5, 5.41) is 4.12. The summed E-state index contributed by atoms with van der Waals surface area (Å²) in [5.74, 6) is 0.834. The van der Waals surface area contributed by atoms with Crippen LogP contribution in [0.3, 0.4) is 0 Å². The van der Waals surface area contributed by atoms with E-state index < -0.39 is 10.0 Å². The molecule has 0 unspecified atom stereocenters. The van der Waals surface area contributed by atoms with Gasteiger partial charge >= 0.3 is 0 Å². The molecule has 102 valence electrons. The molecular weight excluding hydrogens is 250 g/mol. The molecule has 0 spiro atoms. The van der Waals surface area contributed by atoms with E-state index in [2.05, 4.69) is 18.9 Å². The van der Waals surface area contributed by atoms with Crippen molar-refractivity contribution in [2.45, 2.75) is 32.1 Å². The van der Waals surface area contributed by atoms with E-state index in [-0.39, 0.29) is 0 Å². The minimum absolute atomic E-state index is 0.339. The Labute approximate surface area is 109 Å². The number of sulfonamides is 1. The highest BCUT2D eigenvalue weighted by Gasteiger charge is 2.33. The van der Waals surface area contributed by atoms with Crippen LogP contribution < -0.4 is 0 Å². The fourth-order valence-corrected chi connectivity index (χ4v) is 4.65. The second-order valence-corrected chi connectivity index (χ2v) is 7.43. The molecular formula is C12H21N3O2S. The molecule has 0 amide bonds. The van der Waals surface area contributed by atoms with Crippen LogP contribution in [-0.2, 0) is 17.1 Å². The van der Waals surface area contributed by atoms with Gasteiger partial charge in [0.1, 0.15) is 4.90 Å². The molecule has 0 bridgehead atoms. The Balaban J connectivity index is 2.34. The van der Waals surface area contributed by atoms with Crippen LogP contribution in [0.5, 0.6) is 0 Å². The lowest BCUT2D eigenvalue weighted by molar-refractivity contribution is 0.222. The molecule has 2 heterocycles. The van der Waals surface area contributed by atoms with Gasteiger partial charge in [-0.3, -0.25) is 4.68 Å². The van der Waals surface area contributed by atoms with Gasteiger partial charge in [-0.2, -0.15) is 9.40 Å². The Hall–Kier alpha value is -0.880. The zero-order chi connectivity index (χ0) is 13.5. The minimum atomic E-state index is -3.39. The van der Waals surface area contributed by atoms with E-state index in [0.29, 0.717) is 35.5 Å². The predicted octanol–water partition coefficient (Wildman–Crippen LogP) is 1.40. The Morgan fingerprint density at radius 3 is 2.28 bits per heavy atom. The van der Waals surface area contributed by atoms with Crippen molar-refractivity contribution in [3.8, 4) is 0 Å². The van der Waals surface area contributed by atoms with Gasteiger partial charge in [-0.05, 0) is 25.2 Å². The van der Waals surface area contributed by atoms with Crippen molar-refractivity contribution in [3.63, 3.8) is 0 Å². The number of hydrogen-bond donors (Lipinski definition) is 0. The summed E-state index contributed by atoms with van der Waals surface area (Å²) in [6.07, 6.45) is 2.69. The van der Waals surface area contributed by atoms with Crippen LogP contribution in [-0.4, -0.2) is 35.6 Å². The van der Waals surface area contributed by atoms with Crippen molar-refractivity contribution in [1.29, 1.82) is 0 Å². The minimum Gasteiger partial charge on any atom is -0.274 e. The molecule has 2 rings (SSSR count). The molecule has 1 aliphatic rings. The SMILES string of the molecule is Cc1nn(C)cc1S(=O)(=O)N1C[C@H](C)C[C@H](C)C1. The van der Waals surface area contributed by atoms with Gasteiger partial charge < -0.3 is 0 Å². The van der Waals surface area contributed by atoms with Gasteiger partial charge in [-0.15, -0.1) is 0 Å². The van der Waals surface area contributed by atoms with Gasteiger partial charge in [0.2, 0.25) is 10.0 Å². The second kappa shape index (κ2) is 4.66. The molecule has 0 radical (unpaired) electrons. The molecule has 18 heavy (non-hydrogen) atoms. The van der Waals surface area contributed by atoms with Crippen molar-refractivity contribution < 1.29 is 8.42 Å². The molecule has 0 aromatic carbocycles. The summed E-state index contributed by atoms with van der Waals surface area (Å²) in [5.41, 5.74) is 0.573. The Morgan fingerprint density at radius 2 is 1.83 bits per heavy atom. The highest BCUT2D eigenvalue weighted by atomic mass is 32.2. The average molecular weight is 271 g/mol. The van der Waals surface area contributed by atoms with E-state index in [1.165, 1.54) is 0 Å². The molecule has 0 aliphatic carbocycles. The molecule has 5 nitrogen and oxygen atoms in total. The van der Waals surface area contributed by atoms with Crippen LogP contribution in [0, 0.1) is 18.8 Å². The fourth-order valence-electron chi connectivity index (χ4n) is 2.77. The first kappa shape index (κ1) is 13.5. The van der Waals surface area contributed by atoms with Crippen molar-refractivity contribution in [3.05, 3.63) is 11.9 Å². The number of hydrogen-bond acceptors (Lipinski definition) is 3. The Kier molecular flexibility index (Phi) is 3.51. The molecule has 6 heteroatoms. The summed E-state index contributed by atoms with van der Waals surface area (Å²) in [4.78, 5) is 0.339. The normalized spacial score (nSPS) is 26.4. The van der Waals surface area contributed by atoms with Crippen LogP contribution in [0.4, 0.5) is 0 Å². The first-order chi connectivity index (χ1) is 8.30. The lowest BCUT2D eigenvalue weighted by atomic mass is 9.94. The quantitative estimate of drug-likeness (QED) is 0.817. The summed E-state index contributed by atoms with van der Waals surface area (Å²) in [7, 11) is -1.64. The molecule has 1 aliphatic heterocycles. The van der Waals surface area contributed by atoms with E-state index in [1.807, 2.05) is 0 Å². The maximum absolute atomic E-state index is 12.6. The van der Waals surface area contributed by atoms with Crippen molar-refractivity contribution in [2.75, 3.05) is 13.1 Å². The van der Waals surface area contributed by atoms with Crippen LogP contribution in [0.15, 0.2) is 11.1 Å². The highest BCUT2D eigenvalue weighted by Crippen LogP contribution is 2.27. The third-order valence-corrected chi connectivity index (χ3v) is 5.36. The standard InChI is InChI=1S/C12H21N3O2S/c1-9-5-10(2)7-15(6-9)18(16,17)12-8-14(4)13-11(12)3/h8-10H,5-7H2,1-4H3/t9-,10+. The number of nitrogens with zero attached hydrogens (tertiary/aromatic N) is 3. The number of aryl methyl sites for hydroxylation is 2. The first-order valence-corrected chi connectivity index (χ1v) is 7.75. The van der Waals surface area contributed by atoms with Gasteiger partial charge in [-0.1, -0.05) is 13.8 Å². The molecule has 2 atom stereocenters. The Bertz CT molecular complexity index is 526. The lowest BCUT2D eigenvalue weighted by Gasteiger charge is -2.33. The third kappa shape index (κ3) is 2.44. The monoisotopic (exact) mass is 271 g/mol. The van der Waals surface area contributed by atoms with Gasteiger partial charge in [0.15, 0.2) is 0 Å².